The Kier molecular flexibility index (Phi) is 4.61. The van der Waals surface area contributed by atoms with Crippen LogP contribution in [0.5, 0.6) is 11.5 Å². The molecule has 0 spiro atoms. The lowest BCUT2D eigenvalue weighted by molar-refractivity contribution is 0.0697. The Labute approximate surface area is 146 Å². The monoisotopic (exact) mass is 336 g/mol. The summed E-state index contributed by atoms with van der Waals surface area (Å²) in [5.74, 6) is 0.107. The van der Waals surface area contributed by atoms with Crippen molar-refractivity contribution in [2.45, 2.75) is 12.8 Å². The number of benzene rings is 3. The van der Waals surface area contributed by atoms with E-state index in [0.717, 1.165) is 16.5 Å². The third kappa shape index (κ3) is 2.91. The number of carboxylic acid groups (broad SMARTS) is 1. The lowest BCUT2D eigenvalue weighted by Crippen LogP contribution is -2.08. The fraction of sp³-hybridized carbons (Fsp3) is 0.190. The Bertz CT molecular complexity index is 916. The molecule has 0 saturated heterocycles. The standard InChI is InChI=1S/C21H20O4/c1-13(14-7-5-4-6-8-14)15-9-10-16-17(24-2)11-12-18(25-3)19(16)20(15)21(22)23/h4-13H,1-3H3,(H,22,23)/t13-/m1/s1. The number of carbonyl (C=O) groups is 1. The molecular formula is C21H20O4. The summed E-state index contributed by atoms with van der Waals surface area (Å²) in [5.41, 5.74) is 2.06. The van der Waals surface area contributed by atoms with E-state index in [-0.39, 0.29) is 11.5 Å². The fourth-order valence-electron chi connectivity index (χ4n) is 3.27. The number of rotatable bonds is 5. The quantitative estimate of drug-likeness (QED) is 0.733. The van der Waals surface area contributed by atoms with Crippen LogP contribution in [0.3, 0.4) is 0 Å². The normalized spacial score (nSPS) is 12.0. The molecule has 0 aliphatic heterocycles. The van der Waals surface area contributed by atoms with Gasteiger partial charge in [0.25, 0.3) is 0 Å². The second-order valence-electron chi connectivity index (χ2n) is 5.86. The summed E-state index contributed by atoms with van der Waals surface area (Å²) < 4.78 is 10.8. The summed E-state index contributed by atoms with van der Waals surface area (Å²) in [6.45, 7) is 2.01. The zero-order valence-electron chi connectivity index (χ0n) is 14.4. The minimum absolute atomic E-state index is 0.0624. The van der Waals surface area contributed by atoms with E-state index in [1.54, 1.807) is 26.4 Å². The molecule has 0 radical (unpaired) electrons. The zero-order valence-corrected chi connectivity index (χ0v) is 14.4. The van der Waals surface area contributed by atoms with Crippen molar-refractivity contribution in [1.82, 2.24) is 0 Å². The van der Waals surface area contributed by atoms with Crippen molar-refractivity contribution in [3.63, 3.8) is 0 Å². The number of methoxy groups -OCH3 is 2. The molecule has 4 nitrogen and oxygen atoms in total. The van der Waals surface area contributed by atoms with Crippen LogP contribution < -0.4 is 9.47 Å². The Morgan fingerprint density at radius 1 is 0.920 bits per heavy atom. The molecule has 0 amide bonds. The molecule has 0 bridgehead atoms. The molecule has 0 aromatic heterocycles. The molecule has 1 N–H and O–H groups in total. The first-order valence-corrected chi connectivity index (χ1v) is 8.04. The Morgan fingerprint density at radius 3 is 2.16 bits per heavy atom. The molecule has 1 atom stereocenters. The van der Waals surface area contributed by atoms with Gasteiger partial charge in [0, 0.05) is 16.7 Å². The summed E-state index contributed by atoms with van der Waals surface area (Å²) in [4.78, 5) is 12.1. The lowest BCUT2D eigenvalue weighted by atomic mass is 9.86. The molecule has 3 aromatic rings. The van der Waals surface area contributed by atoms with Gasteiger partial charge >= 0.3 is 5.97 Å². The molecule has 0 heterocycles. The van der Waals surface area contributed by atoms with Gasteiger partial charge in [0.05, 0.1) is 19.8 Å². The van der Waals surface area contributed by atoms with Gasteiger partial charge in [0.2, 0.25) is 0 Å². The first kappa shape index (κ1) is 16.8. The van der Waals surface area contributed by atoms with E-state index in [9.17, 15) is 9.90 Å². The van der Waals surface area contributed by atoms with Crippen LogP contribution in [-0.4, -0.2) is 25.3 Å². The van der Waals surface area contributed by atoms with Gasteiger partial charge in [-0.15, -0.1) is 0 Å². The molecule has 25 heavy (non-hydrogen) atoms. The summed E-state index contributed by atoms with van der Waals surface area (Å²) >= 11 is 0. The average molecular weight is 336 g/mol. The van der Waals surface area contributed by atoms with Gasteiger partial charge in [-0.1, -0.05) is 49.4 Å². The summed E-state index contributed by atoms with van der Waals surface area (Å²) in [5, 5.41) is 11.2. The van der Waals surface area contributed by atoms with Gasteiger partial charge in [-0.2, -0.15) is 0 Å². The topological polar surface area (TPSA) is 55.8 Å². The average Bonchev–Trinajstić information content (AvgIpc) is 2.66. The van der Waals surface area contributed by atoms with Crippen LogP contribution in [-0.2, 0) is 0 Å². The van der Waals surface area contributed by atoms with Gasteiger partial charge in [0.15, 0.2) is 0 Å². The minimum atomic E-state index is -0.977. The second-order valence-corrected chi connectivity index (χ2v) is 5.86. The molecule has 3 aromatic carbocycles. The van der Waals surface area contributed by atoms with Crippen molar-refractivity contribution in [1.29, 1.82) is 0 Å². The first-order chi connectivity index (χ1) is 12.1. The highest BCUT2D eigenvalue weighted by Gasteiger charge is 2.23. The van der Waals surface area contributed by atoms with Gasteiger partial charge < -0.3 is 14.6 Å². The third-order valence-corrected chi connectivity index (χ3v) is 4.56. The van der Waals surface area contributed by atoms with Crippen LogP contribution in [0.15, 0.2) is 54.6 Å². The third-order valence-electron chi connectivity index (χ3n) is 4.56. The van der Waals surface area contributed by atoms with E-state index in [4.69, 9.17) is 9.47 Å². The van der Waals surface area contributed by atoms with Gasteiger partial charge in [-0.05, 0) is 23.3 Å². The van der Waals surface area contributed by atoms with Crippen molar-refractivity contribution in [3.05, 3.63) is 71.3 Å². The number of ether oxygens (including phenoxy) is 2. The largest absolute Gasteiger partial charge is 0.496 e. The summed E-state index contributed by atoms with van der Waals surface area (Å²) in [6.07, 6.45) is 0. The van der Waals surface area contributed by atoms with Gasteiger partial charge in [-0.25, -0.2) is 4.79 Å². The molecule has 3 rings (SSSR count). The SMILES string of the molecule is COc1ccc(OC)c2c(C(=O)O)c([C@H](C)c3ccccc3)ccc12. The van der Waals surface area contributed by atoms with Crippen molar-refractivity contribution >= 4 is 16.7 Å². The molecule has 0 unspecified atom stereocenters. The Balaban J connectivity index is 2.34. The van der Waals surface area contributed by atoms with E-state index in [1.165, 1.54) is 0 Å². The highest BCUT2D eigenvalue weighted by Crippen LogP contribution is 2.39. The lowest BCUT2D eigenvalue weighted by Gasteiger charge is -2.19. The van der Waals surface area contributed by atoms with Gasteiger partial charge in [-0.3, -0.25) is 0 Å². The Morgan fingerprint density at radius 2 is 1.56 bits per heavy atom. The predicted octanol–water partition coefficient (Wildman–Crippen LogP) is 4.71. The van der Waals surface area contributed by atoms with Crippen LogP contribution in [0.1, 0.15) is 34.3 Å². The molecule has 0 saturated carbocycles. The maximum absolute atomic E-state index is 12.1. The molecular weight excluding hydrogens is 316 g/mol. The number of hydrogen-bond donors (Lipinski definition) is 1. The maximum atomic E-state index is 12.1. The van der Waals surface area contributed by atoms with Crippen molar-refractivity contribution in [2.24, 2.45) is 0 Å². The number of hydrogen-bond acceptors (Lipinski definition) is 3. The Hall–Kier alpha value is -3.01. The van der Waals surface area contributed by atoms with Crippen molar-refractivity contribution < 1.29 is 19.4 Å². The number of carboxylic acids is 1. The molecule has 0 aliphatic rings. The number of aromatic carboxylic acids is 1. The zero-order chi connectivity index (χ0) is 18.0. The van der Waals surface area contributed by atoms with Crippen LogP contribution in [0, 0.1) is 0 Å². The van der Waals surface area contributed by atoms with Crippen molar-refractivity contribution in [3.8, 4) is 11.5 Å². The summed E-state index contributed by atoms with van der Waals surface area (Å²) in [7, 11) is 3.11. The maximum Gasteiger partial charge on any atom is 0.336 e. The van der Waals surface area contributed by atoms with Gasteiger partial charge in [0.1, 0.15) is 11.5 Å². The summed E-state index contributed by atoms with van der Waals surface area (Å²) in [6, 6.07) is 17.2. The van der Waals surface area contributed by atoms with E-state index in [0.29, 0.717) is 16.9 Å². The predicted molar refractivity (Wildman–Crippen MR) is 98.0 cm³/mol. The van der Waals surface area contributed by atoms with E-state index < -0.39 is 5.97 Å². The first-order valence-electron chi connectivity index (χ1n) is 8.04. The molecule has 0 aliphatic carbocycles. The highest BCUT2D eigenvalue weighted by molar-refractivity contribution is 6.09. The molecule has 0 fully saturated rings. The van der Waals surface area contributed by atoms with Crippen LogP contribution in [0.25, 0.3) is 10.8 Å². The molecule has 4 heteroatoms. The van der Waals surface area contributed by atoms with E-state index >= 15 is 0 Å². The molecule has 128 valence electrons. The fourth-order valence-corrected chi connectivity index (χ4v) is 3.27. The van der Waals surface area contributed by atoms with Crippen LogP contribution in [0.2, 0.25) is 0 Å². The smallest absolute Gasteiger partial charge is 0.336 e. The minimum Gasteiger partial charge on any atom is -0.496 e. The van der Waals surface area contributed by atoms with Crippen molar-refractivity contribution in [2.75, 3.05) is 14.2 Å². The highest BCUT2D eigenvalue weighted by atomic mass is 16.5. The van der Waals surface area contributed by atoms with Crippen LogP contribution >= 0.6 is 0 Å². The van der Waals surface area contributed by atoms with E-state index in [2.05, 4.69) is 0 Å². The second kappa shape index (κ2) is 6.85. The van der Waals surface area contributed by atoms with Crippen LogP contribution in [0.4, 0.5) is 0 Å². The number of fused-ring (bicyclic) bond motifs is 1. The van der Waals surface area contributed by atoms with E-state index in [1.807, 2.05) is 49.4 Å².